The van der Waals surface area contributed by atoms with Crippen molar-refractivity contribution in [2.24, 2.45) is 0 Å². The fourth-order valence-electron chi connectivity index (χ4n) is 1.38. The van der Waals surface area contributed by atoms with Crippen LogP contribution in [-0.4, -0.2) is 18.5 Å². The molecule has 0 radical (unpaired) electrons. The molecule has 0 N–H and O–H groups in total. The van der Waals surface area contributed by atoms with Crippen molar-refractivity contribution in [2.45, 2.75) is 18.7 Å². The molecule has 20 heavy (non-hydrogen) atoms. The highest BCUT2D eigenvalue weighted by Crippen LogP contribution is 2.20. The van der Waals surface area contributed by atoms with Crippen molar-refractivity contribution in [1.82, 2.24) is 0 Å². The Bertz CT molecular complexity index is 552. The van der Waals surface area contributed by atoms with E-state index in [4.69, 9.17) is 4.74 Å². The van der Waals surface area contributed by atoms with Gasteiger partial charge in [-0.15, -0.1) is 0 Å². The Morgan fingerprint density at radius 2 is 2.05 bits per heavy atom. The lowest BCUT2D eigenvalue weighted by Gasteiger charge is -2.02. The number of benzene rings is 1. The van der Waals surface area contributed by atoms with Gasteiger partial charge in [-0.05, 0) is 43.0 Å². The van der Waals surface area contributed by atoms with E-state index in [1.165, 1.54) is 0 Å². The highest BCUT2D eigenvalue weighted by atomic mass is 32.2. The maximum Gasteiger partial charge on any atom is 0.338 e. The van der Waals surface area contributed by atoms with Crippen molar-refractivity contribution in [3.63, 3.8) is 0 Å². The summed E-state index contributed by atoms with van der Waals surface area (Å²) in [5.74, 6) is 1.09. The van der Waals surface area contributed by atoms with Crippen LogP contribution in [0.2, 0.25) is 0 Å². The fourth-order valence-corrected chi connectivity index (χ4v) is 2.08. The van der Waals surface area contributed by atoms with Gasteiger partial charge in [0.15, 0.2) is 0 Å². The van der Waals surface area contributed by atoms with Crippen LogP contribution < -0.4 is 0 Å². The van der Waals surface area contributed by atoms with Crippen LogP contribution in [0.1, 0.15) is 13.8 Å². The summed E-state index contributed by atoms with van der Waals surface area (Å²) in [7, 11) is 0. The van der Waals surface area contributed by atoms with E-state index in [0.717, 1.165) is 16.5 Å². The molecule has 0 fully saturated rings. The number of ether oxygens (including phenoxy) is 1. The fraction of sp³-hybridized carbons (Fsp3) is 0.188. The third-order valence-corrected chi connectivity index (χ3v) is 3.27. The van der Waals surface area contributed by atoms with Gasteiger partial charge in [0, 0.05) is 11.0 Å². The number of carbonyl (C=O) groups is 1. The van der Waals surface area contributed by atoms with Crippen molar-refractivity contribution >= 4 is 23.7 Å². The van der Waals surface area contributed by atoms with Gasteiger partial charge in [0.1, 0.15) is 5.94 Å². The van der Waals surface area contributed by atoms with Gasteiger partial charge in [-0.2, -0.15) is 0 Å². The largest absolute Gasteiger partial charge is 0.462 e. The summed E-state index contributed by atoms with van der Waals surface area (Å²) < 4.78 is 4.87. The molecular weight excluding hydrogens is 272 g/mol. The minimum Gasteiger partial charge on any atom is -0.462 e. The zero-order valence-corrected chi connectivity index (χ0v) is 12.3. The molecule has 3 nitrogen and oxygen atoms in total. The first-order valence-electron chi connectivity index (χ1n) is 6.15. The number of hydrogen-bond acceptors (Lipinski definition) is 4. The molecule has 0 aliphatic heterocycles. The van der Waals surface area contributed by atoms with Crippen molar-refractivity contribution in [3.8, 4) is 0 Å². The van der Waals surface area contributed by atoms with Gasteiger partial charge in [-0.3, -0.25) is 0 Å². The second-order valence-electron chi connectivity index (χ2n) is 3.88. The first kappa shape index (κ1) is 16.0. The van der Waals surface area contributed by atoms with E-state index in [2.05, 4.69) is 0 Å². The summed E-state index contributed by atoms with van der Waals surface area (Å²) in [6.07, 6.45) is 2.70. The Balaban J connectivity index is 2.82. The Morgan fingerprint density at radius 3 is 2.65 bits per heavy atom. The lowest BCUT2D eigenvalue weighted by Crippen LogP contribution is -2.06. The summed E-state index contributed by atoms with van der Waals surface area (Å²) >= 11 is 1.54. The van der Waals surface area contributed by atoms with E-state index in [1.807, 2.05) is 42.7 Å². The minimum absolute atomic E-state index is 0.198. The predicted molar refractivity (Wildman–Crippen MR) is 81.0 cm³/mol. The van der Waals surface area contributed by atoms with E-state index in [9.17, 15) is 9.59 Å². The molecule has 4 heteroatoms. The molecule has 0 atom stereocenters. The molecule has 0 heterocycles. The summed E-state index contributed by atoms with van der Waals surface area (Å²) in [4.78, 5) is 23.1. The molecule has 0 aromatic heterocycles. The van der Waals surface area contributed by atoms with Crippen molar-refractivity contribution in [2.75, 3.05) is 6.61 Å². The average molecular weight is 288 g/mol. The molecule has 0 amide bonds. The van der Waals surface area contributed by atoms with Gasteiger partial charge in [-0.1, -0.05) is 30.0 Å². The minimum atomic E-state index is -0.520. The third kappa shape index (κ3) is 5.74. The van der Waals surface area contributed by atoms with Crippen LogP contribution in [0.4, 0.5) is 0 Å². The van der Waals surface area contributed by atoms with E-state index in [1.54, 1.807) is 30.7 Å². The Morgan fingerprint density at radius 1 is 1.35 bits per heavy atom. The molecule has 1 aromatic carbocycles. The number of esters is 1. The van der Waals surface area contributed by atoms with Gasteiger partial charge >= 0.3 is 5.97 Å². The van der Waals surface area contributed by atoms with Crippen molar-refractivity contribution in [3.05, 3.63) is 59.0 Å². The summed E-state index contributed by atoms with van der Waals surface area (Å²) in [5, 5.41) is 1.91. The highest BCUT2D eigenvalue weighted by molar-refractivity contribution is 8.02. The third-order valence-electron chi connectivity index (χ3n) is 2.23. The predicted octanol–water partition coefficient (Wildman–Crippen LogP) is 3.56. The lowest BCUT2D eigenvalue weighted by molar-refractivity contribution is -0.138. The van der Waals surface area contributed by atoms with Crippen LogP contribution >= 0.6 is 11.8 Å². The van der Waals surface area contributed by atoms with Crippen LogP contribution in [-0.2, 0) is 14.3 Å². The molecule has 0 aliphatic carbocycles. The summed E-state index contributed by atoms with van der Waals surface area (Å²) in [6, 6.07) is 9.86. The van der Waals surface area contributed by atoms with Gasteiger partial charge in [0.2, 0.25) is 0 Å². The summed E-state index contributed by atoms with van der Waals surface area (Å²) in [5.41, 5.74) is 1.05. The number of hydrogen-bond donors (Lipinski definition) is 0. The van der Waals surface area contributed by atoms with Crippen LogP contribution in [0.3, 0.4) is 0 Å². The molecule has 104 valence electrons. The average Bonchev–Trinajstić information content (AvgIpc) is 2.46. The molecule has 0 spiro atoms. The van der Waals surface area contributed by atoms with E-state index >= 15 is 0 Å². The zero-order valence-electron chi connectivity index (χ0n) is 11.5. The van der Waals surface area contributed by atoms with E-state index < -0.39 is 5.97 Å². The maximum absolute atomic E-state index is 11.6. The molecule has 0 bridgehead atoms. The van der Waals surface area contributed by atoms with Crippen LogP contribution in [0.15, 0.2) is 63.9 Å². The van der Waals surface area contributed by atoms with E-state index in [0.29, 0.717) is 0 Å². The van der Waals surface area contributed by atoms with Crippen molar-refractivity contribution < 1.29 is 14.3 Å². The molecule has 0 saturated carbocycles. The molecule has 0 unspecified atom stereocenters. The zero-order chi connectivity index (χ0) is 14.8. The van der Waals surface area contributed by atoms with Crippen LogP contribution in [0, 0.1) is 0 Å². The van der Waals surface area contributed by atoms with Crippen LogP contribution in [0.25, 0.3) is 0 Å². The number of thioether (sulfide) groups is 1. The van der Waals surface area contributed by atoms with E-state index in [-0.39, 0.29) is 12.2 Å². The first-order chi connectivity index (χ1) is 9.67. The van der Waals surface area contributed by atoms with Gasteiger partial charge in [-0.25, -0.2) is 9.59 Å². The van der Waals surface area contributed by atoms with Crippen molar-refractivity contribution in [1.29, 1.82) is 0 Å². The first-order valence-corrected chi connectivity index (χ1v) is 7.03. The van der Waals surface area contributed by atoms with Gasteiger partial charge < -0.3 is 4.74 Å². The molecular formula is C16H16O3S. The SMILES string of the molecule is CCOC(=O)/C(C=C=O)=C/C(C)=C/Sc1ccccc1. The molecule has 1 rings (SSSR count). The second-order valence-corrected chi connectivity index (χ2v) is 4.82. The number of rotatable bonds is 6. The second kappa shape index (κ2) is 8.97. The number of carbonyl (C=O) groups excluding carboxylic acids is 2. The molecule has 0 aliphatic rings. The van der Waals surface area contributed by atoms with Gasteiger partial charge in [0.25, 0.3) is 0 Å². The van der Waals surface area contributed by atoms with Gasteiger partial charge in [0.05, 0.1) is 12.2 Å². The topological polar surface area (TPSA) is 43.4 Å². The van der Waals surface area contributed by atoms with Crippen LogP contribution in [0.5, 0.6) is 0 Å². The molecule has 1 aromatic rings. The maximum atomic E-state index is 11.6. The molecule has 0 saturated heterocycles. The Kier molecular flexibility index (Phi) is 7.18. The Hall–Kier alpha value is -2.03. The standard InChI is InChI=1S/C16H16O3S/c1-3-19-16(18)14(9-10-17)11-13(2)12-20-15-7-5-4-6-8-15/h4-9,11-12H,3H2,1-2H3/b13-12+,14-11+. The quantitative estimate of drug-likeness (QED) is 0.264. The highest BCUT2D eigenvalue weighted by Gasteiger charge is 2.07. The summed E-state index contributed by atoms with van der Waals surface area (Å²) in [6.45, 7) is 3.84. The monoisotopic (exact) mass is 288 g/mol. The number of allylic oxidation sites excluding steroid dienone is 2. The normalized spacial score (nSPS) is 11.7. The smallest absolute Gasteiger partial charge is 0.338 e. The Labute approximate surface area is 123 Å². The lowest BCUT2D eigenvalue weighted by atomic mass is 10.2.